The van der Waals surface area contributed by atoms with Gasteiger partial charge in [-0.1, -0.05) is 27.7 Å². The van der Waals surface area contributed by atoms with Gasteiger partial charge in [0.2, 0.25) is 11.8 Å². The first kappa shape index (κ1) is 16.7. The van der Waals surface area contributed by atoms with Gasteiger partial charge in [-0.2, -0.15) is 0 Å². The summed E-state index contributed by atoms with van der Waals surface area (Å²) in [6.45, 7) is 12.3. The van der Waals surface area contributed by atoms with Crippen LogP contribution in [0.15, 0.2) is 0 Å². The molecule has 6 nitrogen and oxygen atoms in total. The van der Waals surface area contributed by atoms with Crippen LogP contribution in [0.3, 0.4) is 0 Å². The molecule has 23 heavy (non-hydrogen) atoms. The van der Waals surface area contributed by atoms with Crippen molar-refractivity contribution in [2.75, 3.05) is 39.4 Å². The third-order valence-electron chi connectivity index (χ3n) is 6.92. The Morgan fingerprint density at radius 1 is 1.04 bits per heavy atom. The van der Waals surface area contributed by atoms with E-state index in [1.807, 2.05) is 4.90 Å². The van der Waals surface area contributed by atoms with E-state index >= 15 is 0 Å². The first-order valence-electron chi connectivity index (χ1n) is 8.56. The first-order chi connectivity index (χ1) is 10.6. The normalized spacial score (nSPS) is 33.7. The van der Waals surface area contributed by atoms with Crippen LogP contribution in [0.25, 0.3) is 0 Å². The van der Waals surface area contributed by atoms with E-state index in [-0.39, 0.29) is 28.6 Å². The van der Waals surface area contributed by atoms with Gasteiger partial charge in [0, 0.05) is 45.1 Å². The van der Waals surface area contributed by atoms with Crippen molar-refractivity contribution in [1.82, 2.24) is 9.80 Å². The van der Waals surface area contributed by atoms with Crippen molar-refractivity contribution in [3.8, 4) is 0 Å². The standard InChI is InChI=1S/C17H29N3O3/c1-15(2)12(16(15,3)4)13(21)19-6-8-20(9-7-19)17(14(18)22)5-10-23-11-17/h12H,5-11H2,1-4H3,(H2,18,22). The van der Waals surface area contributed by atoms with Gasteiger partial charge in [0.05, 0.1) is 6.61 Å². The third-order valence-corrected chi connectivity index (χ3v) is 6.92. The van der Waals surface area contributed by atoms with Gasteiger partial charge in [-0.3, -0.25) is 14.5 Å². The average Bonchev–Trinajstić information content (AvgIpc) is 2.88. The van der Waals surface area contributed by atoms with E-state index in [1.165, 1.54) is 0 Å². The minimum absolute atomic E-state index is 0.0644. The fourth-order valence-electron chi connectivity index (χ4n) is 4.50. The zero-order chi connectivity index (χ0) is 17.0. The molecule has 0 aromatic rings. The van der Waals surface area contributed by atoms with Crippen molar-refractivity contribution in [3.63, 3.8) is 0 Å². The maximum Gasteiger partial charge on any atom is 0.240 e. The second-order valence-electron chi connectivity index (χ2n) is 8.39. The van der Waals surface area contributed by atoms with Crippen LogP contribution in [0, 0.1) is 16.7 Å². The molecule has 1 unspecified atom stereocenters. The minimum atomic E-state index is -0.673. The number of hydrogen-bond acceptors (Lipinski definition) is 4. The SMILES string of the molecule is CC1(C)C(C(=O)N2CCN(C3(C(N)=O)CCOC3)CC2)C1(C)C. The highest BCUT2D eigenvalue weighted by Crippen LogP contribution is 2.68. The molecule has 2 saturated heterocycles. The Hall–Kier alpha value is -1.14. The highest BCUT2D eigenvalue weighted by Gasteiger charge is 2.68. The zero-order valence-corrected chi connectivity index (χ0v) is 14.7. The fraction of sp³-hybridized carbons (Fsp3) is 0.882. The third kappa shape index (κ3) is 2.30. The van der Waals surface area contributed by atoms with Gasteiger partial charge >= 0.3 is 0 Å². The number of nitrogens with two attached hydrogens (primary N) is 1. The molecule has 0 bridgehead atoms. The Balaban J connectivity index is 1.63. The highest BCUT2D eigenvalue weighted by atomic mass is 16.5. The maximum atomic E-state index is 12.8. The number of ether oxygens (including phenoxy) is 1. The van der Waals surface area contributed by atoms with Gasteiger partial charge in [0.25, 0.3) is 0 Å². The number of primary amides is 1. The molecule has 0 spiro atoms. The quantitative estimate of drug-likeness (QED) is 0.818. The smallest absolute Gasteiger partial charge is 0.240 e. The summed E-state index contributed by atoms with van der Waals surface area (Å²) in [6.07, 6.45) is 0.652. The minimum Gasteiger partial charge on any atom is -0.379 e. The van der Waals surface area contributed by atoms with Crippen LogP contribution >= 0.6 is 0 Å². The van der Waals surface area contributed by atoms with E-state index in [0.717, 1.165) is 0 Å². The highest BCUT2D eigenvalue weighted by molar-refractivity contribution is 5.86. The summed E-state index contributed by atoms with van der Waals surface area (Å²) in [7, 11) is 0. The number of piperazine rings is 1. The van der Waals surface area contributed by atoms with E-state index in [2.05, 4.69) is 32.6 Å². The lowest BCUT2D eigenvalue weighted by Crippen LogP contribution is -2.63. The summed E-state index contributed by atoms with van der Waals surface area (Å²) < 4.78 is 5.43. The largest absolute Gasteiger partial charge is 0.379 e. The molecule has 2 N–H and O–H groups in total. The molecule has 3 aliphatic rings. The van der Waals surface area contributed by atoms with Crippen molar-refractivity contribution >= 4 is 11.8 Å². The lowest BCUT2D eigenvalue weighted by molar-refractivity contribution is -0.139. The monoisotopic (exact) mass is 323 g/mol. The van der Waals surface area contributed by atoms with E-state index in [9.17, 15) is 9.59 Å². The Morgan fingerprint density at radius 3 is 2.00 bits per heavy atom. The van der Waals surface area contributed by atoms with Crippen molar-refractivity contribution in [3.05, 3.63) is 0 Å². The Bertz CT molecular complexity index is 501. The van der Waals surface area contributed by atoms with Gasteiger partial charge in [0.1, 0.15) is 5.54 Å². The summed E-state index contributed by atoms with van der Waals surface area (Å²) in [4.78, 5) is 28.9. The van der Waals surface area contributed by atoms with Crippen LogP contribution in [-0.2, 0) is 14.3 Å². The number of carbonyl (C=O) groups is 2. The molecule has 130 valence electrons. The Labute approximate surface area is 138 Å². The van der Waals surface area contributed by atoms with Gasteiger partial charge in [-0.05, 0) is 10.8 Å². The summed E-state index contributed by atoms with van der Waals surface area (Å²) in [5.74, 6) is 0.0520. The number of carbonyl (C=O) groups excluding carboxylic acids is 2. The Morgan fingerprint density at radius 2 is 1.61 bits per heavy atom. The van der Waals surface area contributed by atoms with Gasteiger partial charge < -0.3 is 15.4 Å². The van der Waals surface area contributed by atoms with Gasteiger partial charge in [-0.15, -0.1) is 0 Å². The second-order valence-corrected chi connectivity index (χ2v) is 8.39. The summed E-state index contributed by atoms with van der Waals surface area (Å²) in [5.41, 5.74) is 5.10. The lowest BCUT2D eigenvalue weighted by Gasteiger charge is -2.43. The predicted octanol–water partition coefficient (Wildman–Crippen LogP) is 0.457. The van der Waals surface area contributed by atoms with E-state index in [4.69, 9.17) is 10.5 Å². The summed E-state index contributed by atoms with van der Waals surface area (Å²) in [5, 5.41) is 0. The number of nitrogens with zero attached hydrogens (tertiary/aromatic N) is 2. The average molecular weight is 323 g/mol. The molecule has 1 atom stereocenters. The van der Waals surface area contributed by atoms with Crippen molar-refractivity contribution in [1.29, 1.82) is 0 Å². The molecule has 1 aliphatic carbocycles. The molecule has 3 rings (SSSR count). The number of rotatable bonds is 3. The molecule has 0 aromatic heterocycles. The second kappa shape index (κ2) is 5.18. The predicted molar refractivity (Wildman–Crippen MR) is 86.6 cm³/mol. The van der Waals surface area contributed by atoms with Crippen LogP contribution in [0.4, 0.5) is 0 Å². The topological polar surface area (TPSA) is 75.9 Å². The number of amides is 2. The molecule has 1 saturated carbocycles. The maximum absolute atomic E-state index is 12.8. The molecule has 2 aliphatic heterocycles. The van der Waals surface area contributed by atoms with Gasteiger partial charge in [0.15, 0.2) is 0 Å². The van der Waals surface area contributed by atoms with Crippen molar-refractivity contribution in [2.45, 2.75) is 39.7 Å². The van der Waals surface area contributed by atoms with Crippen molar-refractivity contribution in [2.24, 2.45) is 22.5 Å². The molecule has 2 heterocycles. The first-order valence-corrected chi connectivity index (χ1v) is 8.56. The van der Waals surface area contributed by atoms with Gasteiger partial charge in [-0.25, -0.2) is 0 Å². The van der Waals surface area contributed by atoms with E-state index in [0.29, 0.717) is 45.8 Å². The molecule has 6 heteroatoms. The van der Waals surface area contributed by atoms with E-state index < -0.39 is 5.54 Å². The lowest BCUT2D eigenvalue weighted by atomic mass is 9.94. The molecule has 2 amide bonds. The van der Waals surface area contributed by atoms with Crippen molar-refractivity contribution < 1.29 is 14.3 Å². The van der Waals surface area contributed by atoms with Crippen LogP contribution in [0.5, 0.6) is 0 Å². The van der Waals surface area contributed by atoms with Crippen LogP contribution in [0.2, 0.25) is 0 Å². The van der Waals surface area contributed by atoms with E-state index in [1.54, 1.807) is 0 Å². The van der Waals surface area contributed by atoms with Crippen LogP contribution < -0.4 is 5.73 Å². The molecular formula is C17H29N3O3. The summed E-state index contributed by atoms with van der Waals surface area (Å²) >= 11 is 0. The molecular weight excluding hydrogens is 294 g/mol. The van der Waals surface area contributed by atoms with Crippen LogP contribution in [0.1, 0.15) is 34.1 Å². The Kier molecular flexibility index (Phi) is 3.76. The molecule has 0 aromatic carbocycles. The molecule has 0 radical (unpaired) electrons. The number of hydrogen-bond donors (Lipinski definition) is 1. The summed E-state index contributed by atoms with van der Waals surface area (Å²) in [6, 6.07) is 0. The molecule has 3 fully saturated rings. The fourth-order valence-corrected chi connectivity index (χ4v) is 4.50. The van der Waals surface area contributed by atoms with Crippen LogP contribution in [-0.4, -0.2) is 66.5 Å². The zero-order valence-electron chi connectivity index (χ0n) is 14.7.